The number of aromatic nitrogens is 2. The van der Waals surface area contributed by atoms with Crippen molar-refractivity contribution in [3.05, 3.63) is 59.3 Å². The second-order valence-corrected chi connectivity index (χ2v) is 13.9. The van der Waals surface area contributed by atoms with Crippen molar-refractivity contribution < 1.29 is 27.8 Å². The number of amides is 1. The van der Waals surface area contributed by atoms with Crippen molar-refractivity contribution in [2.24, 2.45) is 17.8 Å². The number of carbonyl (C=O) groups is 1. The molecule has 1 aromatic heterocycles. The number of carbonyl (C=O) groups excluding carboxylic acids is 1. The van der Waals surface area contributed by atoms with Crippen LogP contribution in [-0.2, 0) is 6.18 Å². The van der Waals surface area contributed by atoms with Gasteiger partial charge in [-0.1, -0.05) is 12.1 Å². The number of ether oxygens (including phenoxy) is 1. The molecule has 4 aliphatic carbocycles. The predicted molar refractivity (Wildman–Crippen MR) is 184 cm³/mol. The highest BCUT2D eigenvalue weighted by atomic mass is 19.4. The van der Waals surface area contributed by atoms with E-state index in [2.05, 4.69) is 49.7 Å². The van der Waals surface area contributed by atoms with E-state index in [9.17, 15) is 23.1 Å². The summed E-state index contributed by atoms with van der Waals surface area (Å²) in [5, 5.41) is 19.3. The van der Waals surface area contributed by atoms with Crippen molar-refractivity contribution in [3.63, 3.8) is 0 Å². The Bertz CT molecular complexity index is 1670. The normalized spacial score (nSPS) is 24.2. The number of hydrogen-bond acceptors (Lipinski definition) is 9. The number of aryl methyl sites for hydroxylation is 1. The van der Waals surface area contributed by atoms with Crippen molar-refractivity contribution in [1.82, 2.24) is 20.2 Å². The third-order valence-electron chi connectivity index (χ3n) is 10.7. The zero-order valence-corrected chi connectivity index (χ0v) is 28.7. The lowest BCUT2D eigenvalue weighted by atomic mass is 9.52. The number of alkyl halides is 3. The van der Waals surface area contributed by atoms with Gasteiger partial charge in [-0.25, -0.2) is 4.98 Å². The highest BCUT2D eigenvalue weighted by Crippen LogP contribution is 2.56. The van der Waals surface area contributed by atoms with Gasteiger partial charge in [0, 0.05) is 50.7 Å². The second kappa shape index (κ2) is 13.7. The van der Waals surface area contributed by atoms with E-state index in [1.807, 2.05) is 12.1 Å². The van der Waals surface area contributed by atoms with Gasteiger partial charge in [-0.2, -0.15) is 18.2 Å². The SMILES string of the molecule is CCN(CCN(C)[C@H]1C2CC3CC1C[C@](O)(C3)C2)c1ccc(Nc2ncc(C(F)(F)F)c(Nc3c(C)cccc3C(=O)NC)n2)c(OC)c1. The molecule has 10 nitrogen and oxygen atoms in total. The molecule has 0 radical (unpaired) electrons. The number of nitrogens with one attached hydrogen (secondary N) is 3. The molecule has 4 saturated carbocycles. The van der Waals surface area contributed by atoms with E-state index in [1.54, 1.807) is 25.1 Å². The lowest BCUT2D eigenvalue weighted by molar-refractivity contribution is -0.156. The number of nitrogens with zero attached hydrogens (tertiary/aromatic N) is 4. The molecule has 2 aromatic carbocycles. The van der Waals surface area contributed by atoms with Crippen LogP contribution in [0.4, 0.5) is 42.0 Å². The number of halogens is 3. The van der Waals surface area contributed by atoms with E-state index in [0.717, 1.165) is 50.8 Å². The Morgan fingerprint density at radius 2 is 1.84 bits per heavy atom. The quantitative estimate of drug-likeness (QED) is 0.174. The topological polar surface area (TPSA) is 115 Å². The van der Waals surface area contributed by atoms with Gasteiger partial charge in [-0.05, 0) is 94.5 Å². The summed E-state index contributed by atoms with van der Waals surface area (Å²) in [6.45, 7) is 6.26. The number of benzene rings is 2. The number of likely N-dealkylation sites (N-methyl/N-ethyl adjacent to an activating group) is 2. The zero-order chi connectivity index (χ0) is 35.1. The zero-order valence-electron chi connectivity index (χ0n) is 28.7. The summed E-state index contributed by atoms with van der Waals surface area (Å²) < 4.78 is 47.9. The number of para-hydroxylation sites is 1. The monoisotopic (exact) mass is 681 g/mol. The van der Waals surface area contributed by atoms with E-state index in [0.29, 0.717) is 40.8 Å². The Balaban J connectivity index is 1.18. The number of methoxy groups -OCH3 is 1. The van der Waals surface area contributed by atoms with Gasteiger partial charge in [0.1, 0.15) is 17.1 Å². The van der Waals surface area contributed by atoms with E-state index in [4.69, 9.17) is 4.74 Å². The number of rotatable bonds is 12. The Morgan fingerprint density at radius 1 is 1.10 bits per heavy atom. The molecule has 264 valence electrons. The molecule has 0 aliphatic heterocycles. The summed E-state index contributed by atoms with van der Waals surface area (Å²) in [5.74, 6) is 1.25. The first-order chi connectivity index (χ1) is 23.3. The van der Waals surface area contributed by atoms with Crippen LogP contribution in [0.15, 0.2) is 42.6 Å². The molecule has 2 unspecified atom stereocenters. The molecule has 49 heavy (non-hydrogen) atoms. The van der Waals surface area contributed by atoms with Gasteiger partial charge in [0.2, 0.25) is 5.95 Å². The highest BCUT2D eigenvalue weighted by Gasteiger charge is 2.55. The molecule has 2 atom stereocenters. The fourth-order valence-corrected chi connectivity index (χ4v) is 8.69. The van der Waals surface area contributed by atoms with E-state index in [1.165, 1.54) is 33.1 Å². The van der Waals surface area contributed by atoms with Crippen LogP contribution in [0.3, 0.4) is 0 Å². The molecule has 3 aromatic rings. The standard InChI is InChI=1S/C36H46F3N7O3/c1-6-46(13-12-45(4)31-23-14-22-15-24(31)19-35(48,17-22)18-23)25-10-11-28(29(16-25)49-5)42-34-41-20-27(36(37,38)39)32(44-34)43-30-21(2)8-7-9-26(30)33(47)40-3/h7-11,16,20,22-24,31,48H,6,12-15,17-19H2,1-5H3,(H,40,47)(H2,41,42,43,44)/t22?,23?,24?,31-,35-. The third kappa shape index (κ3) is 7.14. The molecular formula is C36H46F3N7O3. The first-order valence-electron chi connectivity index (χ1n) is 17.0. The van der Waals surface area contributed by atoms with Crippen LogP contribution in [0, 0.1) is 24.7 Å². The average molecular weight is 682 g/mol. The maximum Gasteiger partial charge on any atom is 0.421 e. The molecule has 0 spiro atoms. The minimum Gasteiger partial charge on any atom is -0.494 e. The van der Waals surface area contributed by atoms with Crippen LogP contribution in [0.1, 0.15) is 60.5 Å². The summed E-state index contributed by atoms with van der Waals surface area (Å²) in [6.07, 6.45) is 1.23. The molecule has 7 rings (SSSR count). The molecule has 4 bridgehead atoms. The summed E-state index contributed by atoms with van der Waals surface area (Å²) in [6, 6.07) is 11.0. The molecule has 13 heteroatoms. The first-order valence-corrected chi connectivity index (χ1v) is 17.0. The highest BCUT2D eigenvalue weighted by molar-refractivity contribution is 6.00. The van der Waals surface area contributed by atoms with Gasteiger partial charge in [-0.3, -0.25) is 4.79 Å². The van der Waals surface area contributed by atoms with Crippen molar-refractivity contribution in [1.29, 1.82) is 0 Å². The van der Waals surface area contributed by atoms with Gasteiger partial charge in [0.05, 0.1) is 29.6 Å². The summed E-state index contributed by atoms with van der Waals surface area (Å²) in [7, 11) is 5.20. The summed E-state index contributed by atoms with van der Waals surface area (Å²) in [4.78, 5) is 25.4. The van der Waals surface area contributed by atoms with Gasteiger partial charge in [-0.15, -0.1) is 0 Å². The fourth-order valence-electron chi connectivity index (χ4n) is 8.69. The van der Waals surface area contributed by atoms with Crippen LogP contribution in [0.2, 0.25) is 0 Å². The maximum absolute atomic E-state index is 14.1. The van der Waals surface area contributed by atoms with Crippen molar-refractivity contribution in [2.75, 3.05) is 56.4 Å². The molecule has 4 fully saturated rings. The number of hydrogen-bond donors (Lipinski definition) is 4. The Hall–Kier alpha value is -4.10. The molecular weight excluding hydrogens is 635 g/mol. The van der Waals surface area contributed by atoms with Crippen LogP contribution in [-0.4, -0.2) is 78.4 Å². The molecule has 1 amide bonds. The van der Waals surface area contributed by atoms with E-state index in [-0.39, 0.29) is 17.2 Å². The van der Waals surface area contributed by atoms with Crippen LogP contribution in [0.25, 0.3) is 0 Å². The van der Waals surface area contributed by atoms with Gasteiger partial charge in [0.25, 0.3) is 5.91 Å². The molecule has 4 aliphatic rings. The first kappa shape index (κ1) is 34.8. The van der Waals surface area contributed by atoms with Crippen molar-refractivity contribution in [2.45, 2.75) is 63.8 Å². The minimum absolute atomic E-state index is 0.0778. The Morgan fingerprint density at radius 3 is 2.47 bits per heavy atom. The molecule has 0 saturated heterocycles. The number of aliphatic hydroxyl groups is 1. The van der Waals surface area contributed by atoms with Gasteiger partial charge in [0.15, 0.2) is 0 Å². The second-order valence-electron chi connectivity index (χ2n) is 13.9. The van der Waals surface area contributed by atoms with Crippen LogP contribution in [0.5, 0.6) is 5.75 Å². The van der Waals surface area contributed by atoms with Crippen molar-refractivity contribution in [3.8, 4) is 5.75 Å². The van der Waals surface area contributed by atoms with Crippen LogP contribution < -0.4 is 25.6 Å². The largest absolute Gasteiger partial charge is 0.494 e. The smallest absolute Gasteiger partial charge is 0.421 e. The Kier molecular flexibility index (Phi) is 9.69. The van der Waals surface area contributed by atoms with Crippen LogP contribution >= 0.6 is 0 Å². The lowest BCUT2D eigenvalue weighted by Crippen LogP contribution is -2.61. The summed E-state index contributed by atoms with van der Waals surface area (Å²) in [5.41, 5.74) is 0.890. The van der Waals surface area contributed by atoms with Gasteiger partial charge < -0.3 is 35.6 Å². The molecule has 1 heterocycles. The predicted octanol–water partition coefficient (Wildman–Crippen LogP) is 6.36. The van der Waals surface area contributed by atoms with E-state index < -0.39 is 29.1 Å². The van der Waals surface area contributed by atoms with Gasteiger partial charge >= 0.3 is 6.18 Å². The van der Waals surface area contributed by atoms with Crippen molar-refractivity contribution >= 4 is 34.7 Å². The minimum atomic E-state index is -4.75. The fraction of sp³-hybridized carbons (Fsp3) is 0.528. The number of anilines is 5. The summed E-state index contributed by atoms with van der Waals surface area (Å²) >= 11 is 0. The Labute approximate surface area is 285 Å². The van der Waals surface area contributed by atoms with E-state index >= 15 is 0 Å². The lowest BCUT2D eigenvalue weighted by Gasteiger charge is -2.60. The third-order valence-corrected chi connectivity index (χ3v) is 10.7. The molecule has 4 N–H and O–H groups in total. The maximum atomic E-state index is 14.1. The average Bonchev–Trinajstić information content (AvgIpc) is 3.04.